The number of carbonyl (C=O) groups is 1. The molecule has 0 aliphatic heterocycles. The first-order valence-corrected chi connectivity index (χ1v) is 6.04. The van der Waals surface area contributed by atoms with Crippen molar-refractivity contribution >= 4 is 5.97 Å². The largest absolute Gasteiger partial charge is 0.493 e. The molecule has 0 fully saturated rings. The fraction of sp³-hybridized carbons (Fsp3) is 0.500. The molecule has 0 aromatic heterocycles. The Morgan fingerprint density at radius 2 is 1.83 bits per heavy atom. The maximum Gasteiger partial charge on any atom is 0.335 e. The van der Waals surface area contributed by atoms with Gasteiger partial charge in [0.15, 0.2) is 0 Å². The summed E-state index contributed by atoms with van der Waals surface area (Å²) < 4.78 is 5.73. The zero-order valence-electron chi connectivity index (χ0n) is 11.5. The fourth-order valence-electron chi connectivity index (χ4n) is 1.86. The molecular weight excluding hydrogens is 230 g/mol. The first-order chi connectivity index (χ1) is 8.41. The summed E-state index contributed by atoms with van der Waals surface area (Å²) in [6.45, 7) is 5.37. The smallest absolute Gasteiger partial charge is 0.335 e. The minimum atomic E-state index is -0.902. The highest BCUT2D eigenvalue weighted by molar-refractivity contribution is 5.88. The van der Waals surface area contributed by atoms with Gasteiger partial charge in [0, 0.05) is 6.54 Å². The molecule has 4 nitrogen and oxygen atoms in total. The zero-order chi connectivity index (χ0) is 13.7. The summed E-state index contributed by atoms with van der Waals surface area (Å²) in [5.41, 5.74) is 2.06. The second kappa shape index (κ2) is 6.40. The Bertz CT molecular complexity index is 404. The Balaban J connectivity index is 2.69. The molecule has 0 aliphatic rings. The van der Waals surface area contributed by atoms with Crippen LogP contribution in [0.4, 0.5) is 0 Å². The van der Waals surface area contributed by atoms with E-state index in [0.29, 0.717) is 12.2 Å². The summed E-state index contributed by atoms with van der Waals surface area (Å²) in [7, 11) is 4.05. The molecule has 0 spiro atoms. The van der Waals surface area contributed by atoms with Crippen molar-refractivity contribution in [3.05, 3.63) is 28.8 Å². The molecule has 100 valence electrons. The van der Waals surface area contributed by atoms with Gasteiger partial charge in [-0.25, -0.2) is 4.79 Å². The van der Waals surface area contributed by atoms with Crippen molar-refractivity contribution in [1.29, 1.82) is 0 Å². The standard InChI is InChI=1S/C14H21NO3/c1-10-8-12(14(16)17)9-11(2)13(10)18-7-5-6-15(3)4/h8-9H,5-7H2,1-4H3,(H,16,17). The van der Waals surface area contributed by atoms with Crippen LogP contribution in [0.1, 0.15) is 27.9 Å². The minimum absolute atomic E-state index is 0.311. The van der Waals surface area contributed by atoms with E-state index in [9.17, 15) is 4.79 Å². The van der Waals surface area contributed by atoms with E-state index >= 15 is 0 Å². The van der Waals surface area contributed by atoms with Crippen LogP contribution in [0, 0.1) is 13.8 Å². The highest BCUT2D eigenvalue weighted by Gasteiger charge is 2.10. The lowest BCUT2D eigenvalue weighted by atomic mass is 10.1. The van der Waals surface area contributed by atoms with Crippen molar-refractivity contribution < 1.29 is 14.6 Å². The van der Waals surface area contributed by atoms with Crippen LogP contribution in [-0.4, -0.2) is 43.2 Å². The molecule has 0 radical (unpaired) electrons. The van der Waals surface area contributed by atoms with E-state index in [1.807, 2.05) is 27.9 Å². The van der Waals surface area contributed by atoms with E-state index in [1.54, 1.807) is 12.1 Å². The van der Waals surface area contributed by atoms with Crippen LogP contribution in [-0.2, 0) is 0 Å². The maximum atomic E-state index is 10.9. The quantitative estimate of drug-likeness (QED) is 0.788. The van der Waals surface area contributed by atoms with Crippen LogP contribution in [0.3, 0.4) is 0 Å². The predicted octanol–water partition coefficient (Wildman–Crippen LogP) is 2.33. The van der Waals surface area contributed by atoms with E-state index in [0.717, 1.165) is 29.8 Å². The van der Waals surface area contributed by atoms with Crippen LogP contribution in [0.25, 0.3) is 0 Å². The van der Waals surface area contributed by atoms with E-state index in [2.05, 4.69) is 4.90 Å². The minimum Gasteiger partial charge on any atom is -0.493 e. The molecule has 0 heterocycles. The number of rotatable bonds is 6. The molecule has 1 rings (SSSR count). The Labute approximate surface area is 108 Å². The lowest BCUT2D eigenvalue weighted by Crippen LogP contribution is -2.16. The molecule has 1 aromatic rings. The third-order valence-corrected chi connectivity index (χ3v) is 2.70. The highest BCUT2D eigenvalue weighted by atomic mass is 16.5. The Kier molecular flexibility index (Phi) is 5.16. The van der Waals surface area contributed by atoms with Crippen molar-refractivity contribution in [1.82, 2.24) is 4.90 Å². The van der Waals surface area contributed by atoms with Crippen molar-refractivity contribution in [2.24, 2.45) is 0 Å². The summed E-state index contributed by atoms with van der Waals surface area (Å²) in [5, 5.41) is 8.95. The van der Waals surface area contributed by atoms with Gasteiger partial charge in [-0.2, -0.15) is 0 Å². The molecule has 0 unspecified atom stereocenters. The first kappa shape index (κ1) is 14.5. The molecule has 4 heteroatoms. The van der Waals surface area contributed by atoms with Gasteiger partial charge in [0.25, 0.3) is 0 Å². The van der Waals surface area contributed by atoms with Gasteiger partial charge in [-0.3, -0.25) is 0 Å². The van der Waals surface area contributed by atoms with Gasteiger partial charge in [-0.15, -0.1) is 0 Å². The van der Waals surface area contributed by atoms with Gasteiger partial charge >= 0.3 is 5.97 Å². The summed E-state index contributed by atoms with van der Waals surface area (Å²) >= 11 is 0. The highest BCUT2D eigenvalue weighted by Crippen LogP contribution is 2.25. The number of benzene rings is 1. The molecule has 0 amide bonds. The average molecular weight is 251 g/mol. The summed E-state index contributed by atoms with van der Waals surface area (Å²) in [4.78, 5) is 13.0. The zero-order valence-corrected chi connectivity index (χ0v) is 11.5. The Morgan fingerprint density at radius 1 is 1.28 bits per heavy atom. The van der Waals surface area contributed by atoms with E-state index in [-0.39, 0.29) is 0 Å². The average Bonchev–Trinajstić information content (AvgIpc) is 2.26. The summed E-state index contributed by atoms with van der Waals surface area (Å²) in [6.07, 6.45) is 0.951. The van der Waals surface area contributed by atoms with Crippen LogP contribution in [0.15, 0.2) is 12.1 Å². The molecule has 1 aromatic carbocycles. The van der Waals surface area contributed by atoms with Crippen molar-refractivity contribution in [2.75, 3.05) is 27.2 Å². The molecule has 0 aliphatic carbocycles. The molecular formula is C14H21NO3. The number of hydrogen-bond acceptors (Lipinski definition) is 3. The number of aryl methyl sites for hydroxylation is 2. The first-order valence-electron chi connectivity index (χ1n) is 6.04. The lowest BCUT2D eigenvalue weighted by Gasteiger charge is -2.14. The Morgan fingerprint density at radius 3 is 2.28 bits per heavy atom. The molecule has 1 N–H and O–H groups in total. The summed E-state index contributed by atoms with van der Waals surface area (Å²) in [5.74, 6) is -0.0980. The van der Waals surface area contributed by atoms with Crippen molar-refractivity contribution in [3.8, 4) is 5.75 Å². The molecule has 0 saturated heterocycles. The Hall–Kier alpha value is -1.55. The molecule has 0 bridgehead atoms. The van der Waals surface area contributed by atoms with E-state index in [1.165, 1.54) is 0 Å². The topological polar surface area (TPSA) is 49.8 Å². The molecule has 0 atom stereocenters. The van der Waals surface area contributed by atoms with E-state index in [4.69, 9.17) is 9.84 Å². The van der Waals surface area contributed by atoms with Crippen LogP contribution in [0.5, 0.6) is 5.75 Å². The SMILES string of the molecule is Cc1cc(C(=O)O)cc(C)c1OCCCN(C)C. The van der Waals surface area contributed by atoms with Gasteiger partial charge in [0.2, 0.25) is 0 Å². The third-order valence-electron chi connectivity index (χ3n) is 2.70. The number of carboxylic acid groups (broad SMARTS) is 1. The molecule has 18 heavy (non-hydrogen) atoms. The second-order valence-corrected chi connectivity index (χ2v) is 4.75. The number of nitrogens with zero attached hydrogens (tertiary/aromatic N) is 1. The summed E-state index contributed by atoms with van der Waals surface area (Å²) in [6, 6.07) is 3.30. The van der Waals surface area contributed by atoms with Crippen LogP contribution in [0.2, 0.25) is 0 Å². The van der Waals surface area contributed by atoms with Gasteiger partial charge in [-0.1, -0.05) is 0 Å². The number of hydrogen-bond donors (Lipinski definition) is 1. The predicted molar refractivity (Wildman–Crippen MR) is 71.5 cm³/mol. The lowest BCUT2D eigenvalue weighted by molar-refractivity contribution is 0.0696. The van der Waals surface area contributed by atoms with Gasteiger partial charge < -0.3 is 14.7 Å². The van der Waals surface area contributed by atoms with Crippen molar-refractivity contribution in [3.63, 3.8) is 0 Å². The van der Waals surface area contributed by atoms with Crippen LogP contribution < -0.4 is 4.74 Å². The van der Waals surface area contributed by atoms with Crippen LogP contribution >= 0.6 is 0 Å². The number of ether oxygens (including phenoxy) is 1. The number of carboxylic acids is 1. The van der Waals surface area contributed by atoms with Gasteiger partial charge in [-0.05, 0) is 57.6 Å². The second-order valence-electron chi connectivity index (χ2n) is 4.75. The normalized spacial score (nSPS) is 10.7. The van der Waals surface area contributed by atoms with Gasteiger partial charge in [0.1, 0.15) is 5.75 Å². The van der Waals surface area contributed by atoms with E-state index < -0.39 is 5.97 Å². The number of aromatic carboxylic acids is 1. The maximum absolute atomic E-state index is 10.9. The van der Waals surface area contributed by atoms with Crippen molar-refractivity contribution in [2.45, 2.75) is 20.3 Å². The molecule has 0 saturated carbocycles. The van der Waals surface area contributed by atoms with Gasteiger partial charge in [0.05, 0.1) is 12.2 Å². The monoisotopic (exact) mass is 251 g/mol. The fourth-order valence-corrected chi connectivity index (χ4v) is 1.86. The third kappa shape index (κ3) is 4.04.